The maximum Gasteiger partial charge on any atom is 0.0439 e. The van der Waals surface area contributed by atoms with Crippen molar-refractivity contribution in [2.45, 2.75) is 6.10 Å². The van der Waals surface area contributed by atoms with Crippen LogP contribution < -0.4 is 0 Å². The van der Waals surface area contributed by atoms with Crippen LogP contribution in [0.1, 0.15) is 0 Å². The molecule has 0 aliphatic rings. The van der Waals surface area contributed by atoms with Crippen LogP contribution in [0.25, 0.3) is 0 Å². The van der Waals surface area contributed by atoms with Crippen LogP contribution in [0.4, 0.5) is 0 Å². The van der Waals surface area contributed by atoms with Crippen molar-refractivity contribution in [3.63, 3.8) is 0 Å². The van der Waals surface area contributed by atoms with E-state index in [1.54, 1.807) is 0 Å². The van der Waals surface area contributed by atoms with Crippen LogP contribution in [0, 0.1) is 6.92 Å². The molecule has 7 heavy (non-hydrogen) atoms. The zero-order valence-electron chi connectivity index (χ0n) is 4.42. The molecule has 1 atom stereocenters. The number of aliphatic hydroxyl groups is 1. The number of rotatable bonds is 2. The first kappa shape index (κ1) is 10.9. The van der Waals surface area contributed by atoms with Crippen LogP contribution in [-0.2, 0) is 37.4 Å². The summed E-state index contributed by atoms with van der Waals surface area (Å²) >= 11 is 0. The van der Waals surface area contributed by atoms with Gasteiger partial charge in [-0.15, -0.1) is 0 Å². The third kappa shape index (κ3) is 10.9. The molecule has 1 unspecified atom stereocenters. The first-order valence-corrected chi connectivity index (χ1v) is 1.77. The largest absolute Gasteiger partial charge is 0.423 e. The van der Waals surface area contributed by atoms with Gasteiger partial charge < -0.3 is 16.8 Å². The maximum absolute atomic E-state index is 8.32. The summed E-state index contributed by atoms with van der Waals surface area (Å²) < 4.78 is 4.49. The Morgan fingerprint density at radius 2 is 2.29 bits per heavy atom. The van der Waals surface area contributed by atoms with Gasteiger partial charge in [0.2, 0.25) is 0 Å². The minimum Gasteiger partial charge on any atom is -0.423 e. The van der Waals surface area contributed by atoms with E-state index >= 15 is 0 Å². The van der Waals surface area contributed by atoms with Gasteiger partial charge in [-0.25, -0.2) is 0 Å². The summed E-state index contributed by atoms with van der Waals surface area (Å²) in [7, 11) is 1.52. The van der Waals surface area contributed by atoms with Crippen molar-refractivity contribution in [1.82, 2.24) is 0 Å². The molecular formula is C4H9O2Y-. The van der Waals surface area contributed by atoms with Gasteiger partial charge >= 0.3 is 0 Å². The van der Waals surface area contributed by atoms with E-state index in [1.165, 1.54) is 7.11 Å². The summed E-state index contributed by atoms with van der Waals surface area (Å²) in [6, 6.07) is 0. The summed E-state index contributed by atoms with van der Waals surface area (Å²) in [6.45, 7) is 3.58. The molecule has 0 saturated heterocycles. The van der Waals surface area contributed by atoms with Gasteiger partial charge in [-0.3, -0.25) is 0 Å². The topological polar surface area (TPSA) is 29.5 Å². The fourth-order valence-electron chi connectivity index (χ4n) is 0.192. The summed E-state index contributed by atoms with van der Waals surface area (Å²) in [5.74, 6) is 0. The van der Waals surface area contributed by atoms with Crippen LogP contribution in [0.5, 0.6) is 0 Å². The molecular weight excluding hydrogens is 169 g/mol. The van der Waals surface area contributed by atoms with Crippen molar-refractivity contribution >= 4 is 0 Å². The molecule has 0 aromatic carbocycles. The Morgan fingerprint density at radius 3 is 2.29 bits per heavy atom. The van der Waals surface area contributed by atoms with Crippen molar-refractivity contribution < 1.29 is 42.6 Å². The van der Waals surface area contributed by atoms with E-state index in [9.17, 15) is 0 Å². The van der Waals surface area contributed by atoms with Gasteiger partial charge in [0.15, 0.2) is 0 Å². The van der Waals surface area contributed by atoms with Gasteiger partial charge in [0, 0.05) is 46.4 Å². The molecule has 3 heteroatoms. The van der Waals surface area contributed by atoms with Gasteiger partial charge in [-0.1, -0.05) is 0 Å². The van der Waals surface area contributed by atoms with Crippen molar-refractivity contribution in [1.29, 1.82) is 0 Å². The first-order chi connectivity index (χ1) is 2.77. The van der Waals surface area contributed by atoms with Gasteiger partial charge in [-0.2, -0.15) is 0 Å². The van der Waals surface area contributed by atoms with Crippen molar-refractivity contribution in [3.05, 3.63) is 6.92 Å². The molecule has 41 valence electrons. The first-order valence-electron chi connectivity index (χ1n) is 1.77. The van der Waals surface area contributed by atoms with Gasteiger partial charge in [0.25, 0.3) is 0 Å². The van der Waals surface area contributed by atoms with Crippen molar-refractivity contribution in [3.8, 4) is 0 Å². The molecule has 0 heterocycles. The normalized spacial score (nSPS) is 12.4. The SMILES string of the molecule is [CH2-]C(O)COC.[Y]. The summed E-state index contributed by atoms with van der Waals surface area (Å²) in [5, 5.41) is 8.32. The quantitative estimate of drug-likeness (QED) is 0.594. The molecule has 0 aliphatic heterocycles. The smallest absolute Gasteiger partial charge is 0.0439 e. The Morgan fingerprint density at radius 1 is 1.86 bits per heavy atom. The van der Waals surface area contributed by atoms with E-state index in [4.69, 9.17) is 5.11 Å². The van der Waals surface area contributed by atoms with Crippen LogP contribution >= 0.6 is 0 Å². The Labute approximate surface area is 69.1 Å². The number of hydrogen-bond donors (Lipinski definition) is 1. The fourth-order valence-corrected chi connectivity index (χ4v) is 0.192. The minimum atomic E-state index is -0.574. The molecule has 0 bridgehead atoms. The Balaban J connectivity index is 0. The monoisotopic (exact) mass is 178 g/mol. The van der Waals surface area contributed by atoms with Crippen LogP contribution in [0.15, 0.2) is 0 Å². The number of aliphatic hydroxyl groups excluding tert-OH is 1. The second-order valence-corrected chi connectivity index (χ2v) is 1.11. The van der Waals surface area contributed by atoms with Crippen LogP contribution in [0.2, 0.25) is 0 Å². The zero-order valence-corrected chi connectivity index (χ0v) is 7.26. The molecule has 0 aromatic rings. The van der Waals surface area contributed by atoms with E-state index in [2.05, 4.69) is 11.7 Å². The molecule has 0 aliphatic carbocycles. The third-order valence-electron chi connectivity index (χ3n) is 0.359. The second-order valence-electron chi connectivity index (χ2n) is 1.11. The van der Waals surface area contributed by atoms with E-state index in [-0.39, 0.29) is 32.7 Å². The zero-order chi connectivity index (χ0) is 4.99. The number of ether oxygens (including phenoxy) is 1. The van der Waals surface area contributed by atoms with E-state index in [1.807, 2.05) is 0 Å². The molecule has 0 amide bonds. The predicted octanol–water partition coefficient (Wildman–Crippen LogP) is -0.175. The Kier molecular flexibility index (Phi) is 10.9. The molecule has 0 fully saturated rings. The van der Waals surface area contributed by atoms with Crippen LogP contribution in [0.3, 0.4) is 0 Å². The van der Waals surface area contributed by atoms with Gasteiger partial charge in [0.1, 0.15) is 0 Å². The maximum atomic E-state index is 8.32. The Hall–Kier alpha value is 1.02. The molecule has 0 rings (SSSR count). The molecule has 0 spiro atoms. The summed E-state index contributed by atoms with van der Waals surface area (Å²) in [5.41, 5.74) is 0. The molecule has 0 aromatic heterocycles. The second kappa shape index (κ2) is 7.02. The molecule has 1 radical (unpaired) electrons. The van der Waals surface area contributed by atoms with Gasteiger partial charge in [0.05, 0.1) is 0 Å². The van der Waals surface area contributed by atoms with Crippen LogP contribution in [-0.4, -0.2) is 24.9 Å². The van der Waals surface area contributed by atoms with E-state index < -0.39 is 6.10 Å². The minimum absolute atomic E-state index is 0. The standard InChI is InChI=1S/C4H9O2.Y/c1-4(5)3-6-2;/h4-5H,1,3H2,2H3;/q-1;. The van der Waals surface area contributed by atoms with Crippen molar-refractivity contribution in [2.75, 3.05) is 13.7 Å². The Bertz CT molecular complexity index is 30.9. The third-order valence-corrected chi connectivity index (χ3v) is 0.359. The summed E-state index contributed by atoms with van der Waals surface area (Å²) in [4.78, 5) is 0. The average molecular weight is 178 g/mol. The van der Waals surface area contributed by atoms with Gasteiger partial charge in [-0.05, 0) is 6.10 Å². The molecule has 2 nitrogen and oxygen atoms in total. The molecule has 0 saturated carbocycles. The van der Waals surface area contributed by atoms with E-state index in [0.717, 1.165) is 0 Å². The fraction of sp³-hybridized carbons (Fsp3) is 0.750. The number of methoxy groups -OCH3 is 1. The summed E-state index contributed by atoms with van der Waals surface area (Å²) in [6.07, 6.45) is -0.574. The van der Waals surface area contributed by atoms with E-state index in [0.29, 0.717) is 6.61 Å². The average Bonchev–Trinajstić information content (AvgIpc) is 1.35. The molecule has 1 N–H and O–H groups in total. The predicted molar refractivity (Wildman–Crippen MR) is 23.2 cm³/mol. The number of hydrogen-bond acceptors (Lipinski definition) is 2. The van der Waals surface area contributed by atoms with Crippen molar-refractivity contribution in [2.24, 2.45) is 0 Å².